The van der Waals surface area contributed by atoms with Crippen molar-refractivity contribution in [1.82, 2.24) is 15.2 Å². The lowest BCUT2D eigenvalue weighted by molar-refractivity contribution is 0.0658. The predicted molar refractivity (Wildman–Crippen MR) is 106 cm³/mol. The zero-order valence-corrected chi connectivity index (χ0v) is 16.7. The van der Waals surface area contributed by atoms with E-state index in [2.05, 4.69) is 36.0 Å². The van der Waals surface area contributed by atoms with Crippen LogP contribution < -0.4 is 10.1 Å². The van der Waals surface area contributed by atoms with Crippen LogP contribution in [-0.4, -0.2) is 48.1 Å². The lowest BCUT2D eigenvalue weighted by atomic mass is 9.93. The second kappa shape index (κ2) is 7.49. The van der Waals surface area contributed by atoms with Gasteiger partial charge in [0, 0.05) is 35.7 Å². The minimum atomic E-state index is -0.0845. The first-order chi connectivity index (χ1) is 12.3. The second-order valence-electron chi connectivity index (χ2n) is 7.92. The van der Waals surface area contributed by atoms with Crippen LogP contribution in [0.3, 0.4) is 0 Å². The summed E-state index contributed by atoms with van der Waals surface area (Å²) in [5, 5.41) is 4.44. The number of nitrogens with one attached hydrogen (secondary N) is 2. The van der Waals surface area contributed by atoms with Gasteiger partial charge in [0.2, 0.25) is 0 Å². The van der Waals surface area contributed by atoms with Crippen molar-refractivity contribution in [2.75, 3.05) is 26.7 Å². The van der Waals surface area contributed by atoms with Gasteiger partial charge in [-0.05, 0) is 51.3 Å². The summed E-state index contributed by atoms with van der Waals surface area (Å²) in [5.41, 5.74) is 1.36. The number of halogens is 1. The Hall–Kier alpha value is -1.72. The normalized spacial score (nSPS) is 18.9. The molecule has 0 spiro atoms. The van der Waals surface area contributed by atoms with Crippen LogP contribution in [0.15, 0.2) is 18.3 Å². The van der Waals surface area contributed by atoms with E-state index in [4.69, 9.17) is 16.3 Å². The summed E-state index contributed by atoms with van der Waals surface area (Å²) < 4.78 is 5.28. The molecule has 142 valence electrons. The summed E-state index contributed by atoms with van der Waals surface area (Å²) in [6, 6.07) is 3.59. The number of fused-ring (bicyclic) bond motifs is 1. The van der Waals surface area contributed by atoms with E-state index in [1.807, 2.05) is 0 Å². The van der Waals surface area contributed by atoms with Crippen molar-refractivity contribution < 1.29 is 9.53 Å². The van der Waals surface area contributed by atoms with Crippen molar-refractivity contribution >= 4 is 28.4 Å². The zero-order valence-electron chi connectivity index (χ0n) is 16.0. The molecule has 0 saturated carbocycles. The van der Waals surface area contributed by atoms with Gasteiger partial charge in [-0.3, -0.25) is 9.69 Å². The third-order valence-corrected chi connectivity index (χ3v) is 5.69. The number of aromatic nitrogens is 1. The van der Waals surface area contributed by atoms with Crippen LogP contribution >= 0.6 is 11.6 Å². The number of benzene rings is 1. The monoisotopic (exact) mass is 377 g/mol. The number of nitrogens with zero attached hydrogens (tertiary/aromatic N) is 1. The van der Waals surface area contributed by atoms with E-state index < -0.39 is 0 Å². The Labute approximate surface area is 160 Å². The number of carbonyl (C=O) groups is 1. The summed E-state index contributed by atoms with van der Waals surface area (Å²) >= 11 is 6.16. The van der Waals surface area contributed by atoms with Crippen molar-refractivity contribution in [3.05, 3.63) is 28.9 Å². The molecule has 2 aromatic rings. The maximum absolute atomic E-state index is 12.8. The van der Waals surface area contributed by atoms with Crippen LogP contribution in [-0.2, 0) is 0 Å². The van der Waals surface area contributed by atoms with Gasteiger partial charge in [-0.2, -0.15) is 0 Å². The lowest BCUT2D eigenvalue weighted by Gasteiger charge is -2.43. The summed E-state index contributed by atoms with van der Waals surface area (Å²) in [6.07, 6.45) is 4.24. The van der Waals surface area contributed by atoms with E-state index in [1.165, 1.54) is 12.8 Å². The molecule has 1 fully saturated rings. The van der Waals surface area contributed by atoms with Crippen molar-refractivity contribution in [2.45, 2.75) is 39.2 Å². The van der Waals surface area contributed by atoms with E-state index >= 15 is 0 Å². The Morgan fingerprint density at radius 3 is 2.92 bits per heavy atom. The molecule has 5 nitrogen and oxygen atoms in total. The van der Waals surface area contributed by atoms with E-state index in [0.717, 1.165) is 24.0 Å². The molecule has 1 aliphatic rings. The third kappa shape index (κ3) is 3.84. The van der Waals surface area contributed by atoms with E-state index in [-0.39, 0.29) is 11.4 Å². The molecule has 0 bridgehead atoms. The Bertz CT molecular complexity index is 800. The van der Waals surface area contributed by atoms with Gasteiger partial charge in [-0.1, -0.05) is 18.5 Å². The van der Waals surface area contributed by atoms with Gasteiger partial charge in [0.1, 0.15) is 5.75 Å². The van der Waals surface area contributed by atoms with Crippen LogP contribution in [0.5, 0.6) is 5.75 Å². The van der Waals surface area contributed by atoms with Gasteiger partial charge < -0.3 is 15.0 Å². The summed E-state index contributed by atoms with van der Waals surface area (Å²) in [7, 11) is 1.57. The highest BCUT2D eigenvalue weighted by Crippen LogP contribution is 2.31. The van der Waals surface area contributed by atoms with Crippen molar-refractivity contribution in [3.8, 4) is 5.75 Å². The van der Waals surface area contributed by atoms with E-state index in [9.17, 15) is 4.79 Å². The van der Waals surface area contributed by atoms with E-state index in [0.29, 0.717) is 28.8 Å². The van der Waals surface area contributed by atoms with E-state index in [1.54, 1.807) is 25.4 Å². The molecule has 6 heteroatoms. The number of likely N-dealkylation sites (tertiary alicyclic amines) is 1. The number of hydrogen-bond donors (Lipinski definition) is 2. The predicted octanol–water partition coefficient (Wildman–Crippen LogP) is 4.07. The van der Waals surface area contributed by atoms with Crippen molar-refractivity contribution in [1.29, 1.82) is 0 Å². The lowest BCUT2D eigenvalue weighted by Crippen LogP contribution is -2.54. The fourth-order valence-electron chi connectivity index (χ4n) is 3.71. The summed E-state index contributed by atoms with van der Waals surface area (Å²) in [6.45, 7) is 9.48. The first-order valence-corrected chi connectivity index (χ1v) is 9.57. The fraction of sp³-hybridized carbons (Fsp3) is 0.550. The number of carbonyl (C=O) groups excluding carboxylic acids is 1. The Morgan fingerprint density at radius 2 is 2.23 bits per heavy atom. The molecule has 1 saturated heterocycles. The molecule has 2 N–H and O–H groups in total. The highest BCUT2D eigenvalue weighted by molar-refractivity contribution is 6.33. The van der Waals surface area contributed by atoms with Gasteiger partial charge in [0.05, 0.1) is 17.7 Å². The molecule has 2 heterocycles. The fourth-order valence-corrected chi connectivity index (χ4v) is 3.95. The average Bonchev–Trinajstić information content (AvgIpc) is 3.01. The maximum atomic E-state index is 12.8. The Morgan fingerprint density at radius 1 is 1.46 bits per heavy atom. The van der Waals surface area contributed by atoms with Gasteiger partial charge in [0.15, 0.2) is 0 Å². The smallest absolute Gasteiger partial charge is 0.253 e. The van der Waals surface area contributed by atoms with Gasteiger partial charge >= 0.3 is 0 Å². The first-order valence-electron chi connectivity index (χ1n) is 9.19. The number of rotatable bonds is 5. The molecule has 1 aromatic carbocycles. The minimum absolute atomic E-state index is 0.0720. The van der Waals surface area contributed by atoms with Crippen LogP contribution in [0, 0.1) is 5.92 Å². The van der Waals surface area contributed by atoms with Crippen LogP contribution in [0.25, 0.3) is 10.9 Å². The number of H-pyrrole nitrogens is 1. The molecule has 3 rings (SSSR count). The quantitative estimate of drug-likeness (QED) is 0.825. The molecule has 1 aromatic heterocycles. The average molecular weight is 378 g/mol. The molecule has 0 radical (unpaired) electrons. The maximum Gasteiger partial charge on any atom is 0.253 e. The van der Waals surface area contributed by atoms with Gasteiger partial charge in [-0.15, -0.1) is 0 Å². The second-order valence-corrected chi connectivity index (χ2v) is 8.33. The molecule has 1 atom stereocenters. The van der Waals surface area contributed by atoms with Crippen molar-refractivity contribution in [2.24, 2.45) is 5.92 Å². The SMILES string of the molecule is COc1cc2c(C(=O)NCC(C)(C)N3CCC[C@H](C)C3)c[nH]c2cc1Cl. The highest BCUT2D eigenvalue weighted by Gasteiger charge is 2.30. The summed E-state index contributed by atoms with van der Waals surface area (Å²) in [4.78, 5) is 18.4. The number of amides is 1. The Balaban J connectivity index is 1.73. The standard InChI is InChI=1S/C20H28ClN3O2/c1-13-6-5-7-24(11-13)20(2,3)12-23-19(25)15-10-22-17-9-16(21)18(26-4)8-14(15)17/h8-10,13,22H,5-7,11-12H2,1-4H3,(H,23,25)/t13-/m0/s1. The molecule has 1 aliphatic heterocycles. The number of hydrogen-bond acceptors (Lipinski definition) is 3. The van der Waals surface area contributed by atoms with Gasteiger partial charge in [0.25, 0.3) is 5.91 Å². The zero-order chi connectivity index (χ0) is 18.9. The molecule has 0 unspecified atom stereocenters. The van der Waals surface area contributed by atoms with Gasteiger partial charge in [-0.25, -0.2) is 0 Å². The van der Waals surface area contributed by atoms with Crippen LogP contribution in [0.2, 0.25) is 5.02 Å². The number of ether oxygens (including phenoxy) is 1. The third-order valence-electron chi connectivity index (χ3n) is 5.39. The molecule has 26 heavy (non-hydrogen) atoms. The minimum Gasteiger partial charge on any atom is -0.495 e. The number of aromatic amines is 1. The largest absolute Gasteiger partial charge is 0.495 e. The molecular formula is C20H28ClN3O2. The molecule has 0 aliphatic carbocycles. The van der Waals surface area contributed by atoms with Crippen molar-refractivity contribution in [3.63, 3.8) is 0 Å². The molecular weight excluding hydrogens is 350 g/mol. The number of piperidine rings is 1. The van der Waals surface area contributed by atoms with Crippen LogP contribution in [0.1, 0.15) is 44.0 Å². The highest BCUT2D eigenvalue weighted by atomic mass is 35.5. The molecule has 1 amide bonds. The first kappa shape index (κ1) is 19.1. The summed E-state index contributed by atoms with van der Waals surface area (Å²) in [5.74, 6) is 1.19. The van der Waals surface area contributed by atoms with Crippen LogP contribution in [0.4, 0.5) is 0 Å². The Kier molecular flexibility index (Phi) is 5.49. The topological polar surface area (TPSA) is 57.4 Å². The number of methoxy groups -OCH3 is 1.